The van der Waals surface area contributed by atoms with Crippen molar-refractivity contribution in [2.45, 2.75) is 25.6 Å². The van der Waals surface area contributed by atoms with Crippen molar-refractivity contribution in [2.75, 3.05) is 25.0 Å². The summed E-state index contributed by atoms with van der Waals surface area (Å²) in [6.07, 6.45) is -0.566. The summed E-state index contributed by atoms with van der Waals surface area (Å²) < 4.78 is 11.0. The standard InChI is InChI=1S/C14H20N2O3/c1-14(2)10-15-8-12(19-14)9-18-13(17)16-11-6-4-3-5-7-11/h3-7,12,15H,8-10H2,1-2H3,(H,16,17). The second-order valence-electron chi connectivity index (χ2n) is 5.22. The maximum atomic E-state index is 11.6. The Balaban J connectivity index is 1.75. The van der Waals surface area contributed by atoms with Crippen LogP contribution in [-0.2, 0) is 9.47 Å². The van der Waals surface area contributed by atoms with Gasteiger partial charge in [-0.15, -0.1) is 0 Å². The van der Waals surface area contributed by atoms with Crippen LogP contribution in [0.5, 0.6) is 0 Å². The third kappa shape index (κ3) is 4.54. The maximum Gasteiger partial charge on any atom is 0.411 e. The van der Waals surface area contributed by atoms with E-state index in [1.807, 2.05) is 44.2 Å². The molecule has 0 bridgehead atoms. The lowest BCUT2D eigenvalue weighted by atomic mass is 10.1. The number of morpholine rings is 1. The number of nitrogens with one attached hydrogen (secondary N) is 2. The molecule has 0 aromatic heterocycles. The van der Waals surface area contributed by atoms with Gasteiger partial charge in [0.15, 0.2) is 0 Å². The second-order valence-corrected chi connectivity index (χ2v) is 5.22. The van der Waals surface area contributed by atoms with Gasteiger partial charge in [-0.25, -0.2) is 4.79 Å². The van der Waals surface area contributed by atoms with Gasteiger partial charge in [-0.05, 0) is 26.0 Å². The lowest BCUT2D eigenvalue weighted by Crippen LogP contribution is -2.52. The van der Waals surface area contributed by atoms with E-state index in [0.717, 1.165) is 12.2 Å². The first-order chi connectivity index (χ1) is 9.05. The van der Waals surface area contributed by atoms with Crippen molar-refractivity contribution < 1.29 is 14.3 Å². The molecule has 1 amide bonds. The molecule has 1 heterocycles. The van der Waals surface area contributed by atoms with Gasteiger partial charge in [-0.2, -0.15) is 0 Å². The Morgan fingerprint density at radius 2 is 2.21 bits per heavy atom. The van der Waals surface area contributed by atoms with Crippen LogP contribution >= 0.6 is 0 Å². The molecule has 1 aliphatic rings. The SMILES string of the molecule is CC1(C)CNCC(COC(=O)Nc2ccccc2)O1. The molecule has 19 heavy (non-hydrogen) atoms. The summed E-state index contributed by atoms with van der Waals surface area (Å²) in [5.74, 6) is 0. The number of carbonyl (C=O) groups excluding carboxylic acids is 1. The molecule has 1 fully saturated rings. The van der Waals surface area contributed by atoms with Crippen LogP contribution in [-0.4, -0.2) is 37.5 Å². The normalized spacial score (nSPS) is 21.7. The number of carbonyl (C=O) groups is 1. The summed E-state index contributed by atoms with van der Waals surface area (Å²) in [5, 5.41) is 5.93. The number of para-hydroxylation sites is 1. The number of hydrogen-bond donors (Lipinski definition) is 2. The summed E-state index contributed by atoms with van der Waals surface area (Å²) in [4.78, 5) is 11.6. The topological polar surface area (TPSA) is 59.6 Å². The van der Waals surface area contributed by atoms with E-state index >= 15 is 0 Å². The number of rotatable bonds is 3. The smallest absolute Gasteiger partial charge is 0.411 e. The average molecular weight is 264 g/mol. The number of hydrogen-bond acceptors (Lipinski definition) is 4. The van der Waals surface area contributed by atoms with Crippen molar-refractivity contribution in [2.24, 2.45) is 0 Å². The van der Waals surface area contributed by atoms with E-state index < -0.39 is 6.09 Å². The molecule has 5 nitrogen and oxygen atoms in total. The van der Waals surface area contributed by atoms with Crippen LogP contribution in [0.4, 0.5) is 10.5 Å². The van der Waals surface area contributed by atoms with Gasteiger partial charge in [-0.3, -0.25) is 5.32 Å². The molecule has 0 spiro atoms. The van der Waals surface area contributed by atoms with E-state index in [1.54, 1.807) is 0 Å². The summed E-state index contributed by atoms with van der Waals surface area (Å²) in [5.41, 5.74) is 0.498. The van der Waals surface area contributed by atoms with Gasteiger partial charge in [-0.1, -0.05) is 18.2 Å². The molecular formula is C14H20N2O3. The van der Waals surface area contributed by atoms with Crippen LogP contribution in [0.25, 0.3) is 0 Å². The van der Waals surface area contributed by atoms with Crippen LogP contribution < -0.4 is 10.6 Å². The predicted octanol–water partition coefficient (Wildman–Crippen LogP) is 2.00. The molecule has 1 atom stereocenters. The fraction of sp³-hybridized carbons (Fsp3) is 0.500. The van der Waals surface area contributed by atoms with Crippen molar-refractivity contribution in [1.29, 1.82) is 0 Å². The molecule has 1 unspecified atom stereocenters. The van der Waals surface area contributed by atoms with E-state index in [-0.39, 0.29) is 18.3 Å². The molecule has 0 radical (unpaired) electrons. The van der Waals surface area contributed by atoms with Crippen molar-refractivity contribution in [3.63, 3.8) is 0 Å². The van der Waals surface area contributed by atoms with E-state index in [9.17, 15) is 4.79 Å². The summed E-state index contributed by atoms with van der Waals surface area (Å²) in [6, 6.07) is 9.21. The number of ether oxygens (including phenoxy) is 2. The zero-order valence-electron chi connectivity index (χ0n) is 11.3. The van der Waals surface area contributed by atoms with Gasteiger partial charge in [0, 0.05) is 18.8 Å². The molecular weight excluding hydrogens is 244 g/mol. The monoisotopic (exact) mass is 264 g/mol. The van der Waals surface area contributed by atoms with Crippen LogP contribution in [0, 0.1) is 0 Å². The quantitative estimate of drug-likeness (QED) is 0.876. The summed E-state index contributed by atoms with van der Waals surface area (Å²) in [7, 11) is 0. The third-order valence-corrected chi connectivity index (χ3v) is 2.83. The molecule has 104 valence electrons. The number of amides is 1. The first-order valence-corrected chi connectivity index (χ1v) is 6.42. The van der Waals surface area contributed by atoms with Crippen LogP contribution in [0.1, 0.15) is 13.8 Å². The van der Waals surface area contributed by atoms with Gasteiger partial charge < -0.3 is 14.8 Å². The summed E-state index contributed by atoms with van der Waals surface area (Å²) >= 11 is 0. The summed E-state index contributed by atoms with van der Waals surface area (Å²) in [6.45, 7) is 5.77. The lowest BCUT2D eigenvalue weighted by molar-refractivity contribution is -0.110. The Kier molecular flexibility index (Phi) is 4.39. The Morgan fingerprint density at radius 3 is 2.89 bits per heavy atom. The Hall–Kier alpha value is -1.59. The van der Waals surface area contributed by atoms with Gasteiger partial charge in [0.05, 0.1) is 5.60 Å². The van der Waals surface area contributed by atoms with Gasteiger partial charge >= 0.3 is 6.09 Å². The highest BCUT2D eigenvalue weighted by Crippen LogP contribution is 2.15. The van der Waals surface area contributed by atoms with Crippen LogP contribution in [0.3, 0.4) is 0 Å². The fourth-order valence-corrected chi connectivity index (χ4v) is 2.01. The Morgan fingerprint density at radius 1 is 1.47 bits per heavy atom. The Labute approximate surface area is 113 Å². The maximum absolute atomic E-state index is 11.6. The Bertz CT molecular complexity index is 420. The van der Waals surface area contributed by atoms with Crippen molar-refractivity contribution in [3.8, 4) is 0 Å². The minimum absolute atomic E-state index is 0.106. The average Bonchev–Trinajstić information content (AvgIpc) is 2.36. The molecule has 1 aromatic rings. The fourth-order valence-electron chi connectivity index (χ4n) is 2.01. The first kappa shape index (κ1) is 13.8. The minimum Gasteiger partial charge on any atom is -0.446 e. The largest absolute Gasteiger partial charge is 0.446 e. The van der Waals surface area contributed by atoms with E-state index in [0.29, 0.717) is 6.54 Å². The zero-order valence-corrected chi connectivity index (χ0v) is 11.3. The predicted molar refractivity (Wildman–Crippen MR) is 73.2 cm³/mol. The van der Waals surface area contributed by atoms with E-state index in [2.05, 4.69) is 10.6 Å². The molecule has 1 saturated heterocycles. The van der Waals surface area contributed by atoms with Gasteiger partial charge in [0.25, 0.3) is 0 Å². The van der Waals surface area contributed by atoms with E-state index in [1.165, 1.54) is 0 Å². The molecule has 1 aliphatic heterocycles. The van der Waals surface area contributed by atoms with Gasteiger partial charge in [0.2, 0.25) is 0 Å². The highest BCUT2D eigenvalue weighted by molar-refractivity contribution is 5.84. The molecule has 2 rings (SSSR count). The first-order valence-electron chi connectivity index (χ1n) is 6.42. The van der Waals surface area contributed by atoms with E-state index in [4.69, 9.17) is 9.47 Å². The molecule has 2 N–H and O–H groups in total. The van der Waals surface area contributed by atoms with Gasteiger partial charge in [0.1, 0.15) is 12.7 Å². The zero-order chi connectivity index (χ0) is 13.7. The number of anilines is 1. The lowest BCUT2D eigenvalue weighted by Gasteiger charge is -2.36. The minimum atomic E-state index is -0.460. The third-order valence-electron chi connectivity index (χ3n) is 2.83. The highest BCUT2D eigenvalue weighted by Gasteiger charge is 2.28. The van der Waals surface area contributed by atoms with Crippen molar-refractivity contribution in [1.82, 2.24) is 5.32 Å². The van der Waals surface area contributed by atoms with Crippen LogP contribution in [0.2, 0.25) is 0 Å². The highest BCUT2D eigenvalue weighted by atomic mass is 16.6. The molecule has 1 aromatic carbocycles. The molecule has 5 heteroatoms. The molecule has 0 saturated carbocycles. The number of benzene rings is 1. The van der Waals surface area contributed by atoms with Crippen molar-refractivity contribution in [3.05, 3.63) is 30.3 Å². The molecule has 0 aliphatic carbocycles. The van der Waals surface area contributed by atoms with Crippen molar-refractivity contribution >= 4 is 11.8 Å². The second kappa shape index (κ2) is 6.04. The van der Waals surface area contributed by atoms with Crippen LogP contribution in [0.15, 0.2) is 30.3 Å².